The second kappa shape index (κ2) is 20.0. The van der Waals surface area contributed by atoms with E-state index in [0.29, 0.717) is 30.3 Å². The van der Waals surface area contributed by atoms with Crippen molar-refractivity contribution in [3.05, 3.63) is 132 Å². The predicted octanol–water partition coefficient (Wildman–Crippen LogP) is 10.6. The molecule has 4 aromatic carbocycles. The topological polar surface area (TPSA) is 116 Å². The van der Waals surface area contributed by atoms with Crippen molar-refractivity contribution in [1.29, 1.82) is 0 Å². The number of likely N-dealkylation sites (tertiary alicyclic amines) is 2. The molecular formula is C56H62F3N9O2. The molecule has 364 valence electrons. The fourth-order valence-electron chi connectivity index (χ4n) is 11.0. The van der Waals surface area contributed by atoms with Crippen molar-refractivity contribution in [1.82, 2.24) is 39.4 Å². The Morgan fingerprint density at radius 3 is 2.11 bits per heavy atom. The van der Waals surface area contributed by atoms with E-state index >= 15 is 0 Å². The van der Waals surface area contributed by atoms with Gasteiger partial charge in [-0.05, 0) is 140 Å². The zero-order valence-electron chi connectivity index (χ0n) is 39.6. The van der Waals surface area contributed by atoms with Gasteiger partial charge in [0.15, 0.2) is 0 Å². The molecule has 7 aromatic rings. The molecule has 0 bridgehead atoms. The SMILES string of the molecule is O=C(c1ccc(CNCc2ccc(-c3ccc4c(cnn4CC4CC4)c3)cc2)cc1)N1CC(C2CCN(Cc3ccc(-c4cn([C@H]5CC[C@H](O)CC5)c5nc(NCCC(F)(F)F)ncc45)cc3)CC2)C1. The average molecular weight is 950 g/mol. The first-order valence-electron chi connectivity index (χ1n) is 25.4. The van der Waals surface area contributed by atoms with Gasteiger partial charge < -0.3 is 25.2 Å². The lowest BCUT2D eigenvalue weighted by Crippen LogP contribution is -2.54. The van der Waals surface area contributed by atoms with E-state index in [9.17, 15) is 23.1 Å². The number of rotatable bonds is 16. The van der Waals surface area contributed by atoms with Crippen molar-refractivity contribution in [2.75, 3.05) is 38.0 Å². The lowest BCUT2D eigenvalue weighted by molar-refractivity contribution is -0.131. The number of benzene rings is 4. The Labute approximate surface area is 407 Å². The number of nitrogens with zero attached hydrogens (tertiary/aromatic N) is 7. The lowest BCUT2D eigenvalue weighted by Gasteiger charge is -2.46. The van der Waals surface area contributed by atoms with Crippen LogP contribution in [0.5, 0.6) is 0 Å². The van der Waals surface area contributed by atoms with E-state index in [0.717, 1.165) is 112 Å². The maximum atomic E-state index is 13.4. The molecule has 3 aromatic heterocycles. The fraction of sp³-hybridized carbons (Fsp3) is 0.429. The molecule has 14 heteroatoms. The normalized spacial score (nSPS) is 19.5. The maximum Gasteiger partial charge on any atom is 0.390 e. The number of fused-ring (bicyclic) bond motifs is 2. The maximum absolute atomic E-state index is 13.4. The van der Waals surface area contributed by atoms with Crippen molar-refractivity contribution in [3.63, 3.8) is 0 Å². The second-order valence-corrected chi connectivity index (χ2v) is 20.5. The van der Waals surface area contributed by atoms with E-state index in [1.807, 2.05) is 23.2 Å². The summed E-state index contributed by atoms with van der Waals surface area (Å²) in [6.07, 6.45) is 8.17. The van der Waals surface area contributed by atoms with Crippen LogP contribution < -0.4 is 10.6 Å². The molecule has 70 heavy (non-hydrogen) atoms. The van der Waals surface area contributed by atoms with Crippen molar-refractivity contribution < 1.29 is 23.1 Å². The number of hydrogen-bond acceptors (Lipinski definition) is 8. The van der Waals surface area contributed by atoms with Crippen LogP contribution in [0.1, 0.15) is 90.9 Å². The van der Waals surface area contributed by atoms with Gasteiger partial charge in [0.2, 0.25) is 5.95 Å². The summed E-state index contributed by atoms with van der Waals surface area (Å²) in [6, 6.07) is 32.3. The molecule has 2 saturated heterocycles. The second-order valence-electron chi connectivity index (χ2n) is 20.5. The molecule has 11 nitrogen and oxygen atoms in total. The molecule has 1 amide bonds. The van der Waals surface area contributed by atoms with Gasteiger partial charge in [-0.25, -0.2) is 4.98 Å². The molecule has 4 fully saturated rings. The van der Waals surface area contributed by atoms with E-state index in [-0.39, 0.29) is 30.5 Å². The standard InChI is InChI=1S/C56H62F3N9O2/c57-56(58,59)23-24-61-55-62-31-50-51(36-67(53(50)64-55)48-16-18-49(69)19-17-48)43-11-7-39(8-12-43)32-65-25-21-42(22-26-65)47-34-66(35-47)54(70)44-13-5-38(6-14-44)29-60-28-37-3-9-41(10-4-37)45-15-20-52-46(27-45)30-63-68(52)33-40-1-2-40/h3-15,20,27,30-31,36,40,42,47-49,60,69H,1-2,16-19,21-26,28-29,32-35H2,(H,61,62,64)/t48-,49-. The Balaban J connectivity index is 0.621. The number of amides is 1. The van der Waals surface area contributed by atoms with Crippen LogP contribution >= 0.6 is 0 Å². The number of alkyl halides is 3. The highest BCUT2D eigenvalue weighted by Gasteiger charge is 2.38. The van der Waals surface area contributed by atoms with Gasteiger partial charge in [0.05, 0.1) is 24.2 Å². The summed E-state index contributed by atoms with van der Waals surface area (Å²) < 4.78 is 42.8. The zero-order chi connectivity index (χ0) is 47.8. The lowest BCUT2D eigenvalue weighted by atomic mass is 9.79. The first kappa shape index (κ1) is 46.3. The number of carbonyl (C=O) groups is 1. The van der Waals surface area contributed by atoms with Gasteiger partial charge in [-0.15, -0.1) is 0 Å². The molecule has 2 aliphatic carbocycles. The number of nitrogens with one attached hydrogen (secondary N) is 2. The Morgan fingerprint density at radius 2 is 1.41 bits per heavy atom. The summed E-state index contributed by atoms with van der Waals surface area (Å²) in [5, 5.41) is 23.2. The third kappa shape index (κ3) is 10.6. The fourth-order valence-corrected chi connectivity index (χ4v) is 11.0. The largest absolute Gasteiger partial charge is 0.393 e. The molecular weight excluding hydrogens is 888 g/mol. The van der Waals surface area contributed by atoms with Crippen molar-refractivity contribution in [2.24, 2.45) is 17.8 Å². The van der Waals surface area contributed by atoms with Crippen molar-refractivity contribution in [3.8, 4) is 22.3 Å². The molecule has 0 unspecified atom stereocenters. The van der Waals surface area contributed by atoms with Crippen LogP contribution in [-0.4, -0.2) is 90.1 Å². The number of hydrogen-bond donors (Lipinski definition) is 3. The van der Waals surface area contributed by atoms with Crippen LogP contribution in [-0.2, 0) is 26.2 Å². The number of piperidine rings is 1. The number of aliphatic hydroxyl groups excluding tert-OH is 1. The summed E-state index contributed by atoms with van der Waals surface area (Å²) in [7, 11) is 0. The summed E-state index contributed by atoms with van der Waals surface area (Å²) in [6.45, 7) is 6.81. The predicted molar refractivity (Wildman–Crippen MR) is 268 cm³/mol. The number of halogens is 3. The highest BCUT2D eigenvalue weighted by Crippen LogP contribution is 2.38. The quantitative estimate of drug-likeness (QED) is 0.0877. The molecule has 2 saturated carbocycles. The van der Waals surface area contributed by atoms with Gasteiger partial charge in [-0.3, -0.25) is 14.4 Å². The van der Waals surface area contributed by atoms with Crippen LogP contribution in [0.3, 0.4) is 0 Å². The van der Waals surface area contributed by atoms with E-state index in [4.69, 9.17) is 4.98 Å². The van der Waals surface area contributed by atoms with Crippen molar-refractivity contribution >= 4 is 33.8 Å². The van der Waals surface area contributed by atoms with E-state index in [2.05, 4.69) is 120 Å². The van der Waals surface area contributed by atoms with Crippen LogP contribution in [0.25, 0.3) is 44.2 Å². The summed E-state index contributed by atoms with van der Waals surface area (Å²) in [4.78, 5) is 27.1. The first-order valence-corrected chi connectivity index (χ1v) is 25.4. The molecule has 5 heterocycles. The minimum Gasteiger partial charge on any atom is -0.393 e. The van der Waals surface area contributed by atoms with Crippen LogP contribution in [0.2, 0.25) is 0 Å². The van der Waals surface area contributed by atoms with Gasteiger partial charge in [0.1, 0.15) is 5.65 Å². The summed E-state index contributed by atoms with van der Waals surface area (Å²) in [5.41, 5.74) is 10.7. The van der Waals surface area contributed by atoms with Gasteiger partial charge in [-0.1, -0.05) is 66.7 Å². The smallest absolute Gasteiger partial charge is 0.390 e. The van der Waals surface area contributed by atoms with E-state index in [1.165, 1.54) is 46.0 Å². The zero-order valence-corrected chi connectivity index (χ0v) is 39.6. The third-order valence-corrected chi connectivity index (χ3v) is 15.4. The molecule has 0 radical (unpaired) electrons. The highest BCUT2D eigenvalue weighted by atomic mass is 19.4. The van der Waals surface area contributed by atoms with Crippen LogP contribution in [0.15, 0.2) is 110 Å². The van der Waals surface area contributed by atoms with Crippen LogP contribution in [0, 0.1) is 17.8 Å². The number of carbonyl (C=O) groups excluding carboxylic acids is 1. The molecule has 11 rings (SSSR count). The van der Waals surface area contributed by atoms with E-state index < -0.39 is 12.6 Å². The Bertz CT molecular complexity index is 2910. The number of aromatic nitrogens is 5. The van der Waals surface area contributed by atoms with Gasteiger partial charge in [-0.2, -0.15) is 23.3 Å². The minimum atomic E-state index is -4.26. The Morgan fingerprint density at radius 1 is 0.743 bits per heavy atom. The van der Waals surface area contributed by atoms with Crippen LogP contribution in [0.4, 0.5) is 19.1 Å². The number of aliphatic hydroxyl groups is 1. The Hall–Kier alpha value is -6.09. The summed E-state index contributed by atoms with van der Waals surface area (Å²) >= 11 is 0. The third-order valence-electron chi connectivity index (χ3n) is 15.4. The monoisotopic (exact) mass is 949 g/mol. The van der Waals surface area contributed by atoms with Gasteiger partial charge in [0.25, 0.3) is 5.91 Å². The molecule has 0 spiro atoms. The Kier molecular flexibility index (Phi) is 13.2. The minimum absolute atomic E-state index is 0.121. The average Bonchev–Trinajstić information content (AvgIpc) is 3.97. The van der Waals surface area contributed by atoms with E-state index in [1.54, 1.807) is 6.20 Å². The molecule has 4 aliphatic rings. The molecule has 0 atom stereocenters. The van der Waals surface area contributed by atoms with Gasteiger partial charge in [0, 0.05) is 86.1 Å². The molecule has 3 N–H and O–H groups in total. The summed E-state index contributed by atoms with van der Waals surface area (Å²) in [5.74, 6) is 2.26. The van der Waals surface area contributed by atoms with Gasteiger partial charge >= 0.3 is 6.18 Å². The van der Waals surface area contributed by atoms with Crippen molar-refractivity contribution in [2.45, 2.75) is 102 Å². The first-order chi connectivity index (χ1) is 34.0. The number of anilines is 1. The highest BCUT2D eigenvalue weighted by molar-refractivity contribution is 5.95. The molecule has 2 aliphatic heterocycles.